The maximum atomic E-state index is 13.6. The topological polar surface area (TPSA) is 59.8 Å². The van der Waals surface area contributed by atoms with Crippen LogP contribution in [-0.2, 0) is 0 Å². The Kier molecular flexibility index (Phi) is 6.38. The molecule has 1 amide bonds. The van der Waals surface area contributed by atoms with Gasteiger partial charge in [0, 0.05) is 11.6 Å². The van der Waals surface area contributed by atoms with Gasteiger partial charge in [0.2, 0.25) is 5.76 Å². The highest BCUT2D eigenvalue weighted by Gasteiger charge is 2.42. The summed E-state index contributed by atoms with van der Waals surface area (Å²) in [5.74, 6) is 0.570. The van der Waals surface area contributed by atoms with Crippen molar-refractivity contribution in [2.24, 2.45) is 0 Å². The second kappa shape index (κ2) is 9.21. The van der Waals surface area contributed by atoms with E-state index < -0.39 is 6.04 Å². The standard InChI is InChI=1S/C26H26ClNO4/c1-4-6-7-12-28-23(17-8-10-18(11-9-17)31-13-5-2)22-24(29)19-15-20(27)16(3)14-21(19)32-25(22)26(28)30/h5,8-11,14-15,23H,2,4,6-7,12-13H2,1,3H3. The summed E-state index contributed by atoms with van der Waals surface area (Å²) in [4.78, 5) is 28.7. The highest BCUT2D eigenvalue weighted by Crippen LogP contribution is 2.39. The molecule has 6 heteroatoms. The Morgan fingerprint density at radius 1 is 1.19 bits per heavy atom. The number of halogens is 1. The Hall–Kier alpha value is -3.05. The average molecular weight is 452 g/mol. The summed E-state index contributed by atoms with van der Waals surface area (Å²) in [6.45, 7) is 8.57. The number of benzene rings is 2. The molecule has 4 rings (SSSR count). The highest BCUT2D eigenvalue weighted by atomic mass is 35.5. The van der Waals surface area contributed by atoms with Crippen molar-refractivity contribution in [3.8, 4) is 5.75 Å². The van der Waals surface area contributed by atoms with Gasteiger partial charge in [0.05, 0.1) is 17.0 Å². The van der Waals surface area contributed by atoms with E-state index >= 15 is 0 Å². The van der Waals surface area contributed by atoms with Crippen LogP contribution in [0.4, 0.5) is 0 Å². The number of nitrogens with zero attached hydrogens (tertiary/aromatic N) is 1. The van der Waals surface area contributed by atoms with Crippen LogP contribution in [0.1, 0.15) is 59.5 Å². The number of unbranched alkanes of at least 4 members (excludes halogenated alkanes) is 2. The minimum absolute atomic E-state index is 0.123. The van der Waals surface area contributed by atoms with E-state index in [1.54, 1.807) is 23.1 Å². The molecule has 0 saturated heterocycles. The Labute approximate surface area is 192 Å². The molecule has 0 radical (unpaired) electrons. The molecule has 0 aliphatic carbocycles. The van der Waals surface area contributed by atoms with E-state index in [0.717, 1.165) is 30.4 Å². The fraction of sp³-hybridized carbons (Fsp3) is 0.308. The number of carbonyl (C=O) groups excluding carboxylic acids is 1. The maximum absolute atomic E-state index is 13.6. The van der Waals surface area contributed by atoms with Crippen LogP contribution in [-0.4, -0.2) is 24.0 Å². The van der Waals surface area contributed by atoms with Gasteiger partial charge in [-0.25, -0.2) is 0 Å². The monoisotopic (exact) mass is 451 g/mol. The molecule has 1 aliphatic rings. The molecule has 0 spiro atoms. The summed E-state index contributed by atoms with van der Waals surface area (Å²) < 4.78 is 11.6. The predicted octanol–water partition coefficient (Wildman–Crippen LogP) is 6.06. The third kappa shape index (κ3) is 3.93. The second-order valence-electron chi connectivity index (χ2n) is 8.05. The first-order valence-corrected chi connectivity index (χ1v) is 11.3. The first-order valence-electron chi connectivity index (χ1n) is 10.9. The minimum Gasteiger partial charge on any atom is -0.490 e. The van der Waals surface area contributed by atoms with Crippen molar-refractivity contribution in [3.63, 3.8) is 0 Å². The van der Waals surface area contributed by atoms with Crippen LogP contribution < -0.4 is 10.2 Å². The van der Waals surface area contributed by atoms with Crippen LogP contribution in [0.5, 0.6) is 5.75 Å². The van der Waals surface area contributed by atoms with E-state index in [4.69, 9.17) is 20.8 Å². The third-order valence-electron chi connectivity index (χ3n) is 5.81. The Morgan fingerprint density at radius 2 is 1.94 bits per heavy atom. The summed E-state index contributed by atoms with van der Waals surface area (Å²) >= 11 is 6.29. The summed E-state index contributed by atoms with van der Waals surface area (Å²) in [6.07, 6.45) is 4.57. The average Bonchev–Trinajstić information content (AvgIpc) is 3.06. The fourth-order valence-corrected chi connectivity index (χ4v) is 4.32. The SMILES string of the molecule is C=CCOc1ccc(C2c3c(oc4cc(C)c(Cl)cc4c3=O)C(=O)N2CCCCC)cc1. The number of fused-ring (bicyclic) bond motifs is 2. The van der Waals surface area contributed by atoms with Crippen LogP contribution in [0.2, 0.25) is 5.02 Å². The molecule has 0 fully saturated rings. The van der Waals surface area contributed by atoms with Gasteiger partial charge < -0.3 is 14.1 Å². The van der Waals surface area contributed by atoms with E-state index in [0.29, 0.717) is 40.5 Å². The molecule has 1 aromatic heterocycles. The molecule has 2 heterocycles. The molecular weight excluding hydrogens is 426 g/mol. The fourth-order valence-electron chi connectivity index (χ4n) is 4.15. The Bertz CT molecular complexity index is 1230. The van der Waals surface area contributed by atoms with Gasteiger partial charge in [0.1, 0.15) is 17.9 Å². The van der Waals surface area contributed by atoms with E-state index in [1.165, 1.54) is 0 Å². The molecule has 2 aromatic carbocycles. The lowest BCUT2D eigenvalue weighted by molar-refractivity contribution is 0.0724. The van der Waals surface area contributed by atoms with Crippen molar-refractivity contribution in [3.05, 3.63) is 86.7 Å². The van der Waals surface area contributed by atoms with Crippen molar-refractivity contribution in [1.82, 2.24) is 4.90 Å². The molecular formula is C26H26ClNO4. The lowest BCUT2D eigenvalue weighted by atomic mass is 9.98. The van der Waals surface area contributed by atoms with Crippen molar-refractivity contribution in [2.75, 3.05) is 13.2 Å². The molecule has 166 valence electrons. The maximum Gasteiger partial charge on any atom is 0.290 e. The first kappa shape index (κ1) is 22.2. The van der Waals surface area contributed by atoms with E-state index in [9.17, 15) is 9.59 Å². The zero-order chi connectivity index (χ0) is 22.8. The predicted molar refractivity (Wildman–Crippen MR) is 127 cm³/mol. The van der Waals surface area contributed by atoms with Gasteiger partial charge in [-0.2, -0.15) is 0 Å². The number of hydrogen-bond donors (Lipinski definition) is 0. The highest BCUT2D eigenvalue weighted by molar-refractivity contribution is 6.32. The minimum atomic E-state index is -0.511. The molecule has 1 unspecified atom stereocenters. The molecule has 5 nitrogen and oxygen atoms in total. The number of carbonyl (C=O) groups is 1. The van der Waals surface area contributed by atoms with Gasteiger partial charge in [-0.05, 0) is 48.7 Å². The molecule has 0 saturated carbocycles. The second-order valence-corrected chi connectivity index (χ2v) is 8.46. The lowest BCUT2D eigenvalue weighted by Gasteiger charge is -2.25. The van der Waals surface area contributed by atoms with Gasteiger partial charge >= 0.3 is 0 Å². The summed E-state index contributed by atoms with van der Waals surface area (Å²) in [5, 5.41) is 0.882. The van der Waals surface area contributed by atoms with Gasteiger partial charge in [0.15, 0.2) is 5.43 Å². The largest absolute Gasteiger partial charge is 0.490 e. The molecule has 1 aliphatic heterocycles. The van der Waals surface area contributed by atoms with Crippen LogP contribution in [0.3, 0.4) is 0 Å². The summed E-state index contributed by atoms with van der Waals surface area (Å²) in [5.41, 5.74) is 2.17. The smallest absolute Gasteiger partial charge is 0.290 e. The number of ether oxygens (including phenoxy) is 1. The Morgan fingerprint density at radius 3 is 2.62 bits per heavy atom. The van der Waals surface area contributed by atoms with Crippen molar-refractivity contribution in [2.45, 2.75) is 39.2 Å². The molecule has 32 heavy (non-hydrogen) atoms. The lowest BCUT2D eigenvalue weighted by Crippen LogP contribution is -2.30. The van der Waals surface area contributed by atoms with Gasteiger partial charge in [-0.1, -0.05) is 56.2 Å². The van der Waals surface area contributed by atoms with Crippen molar-refractivity contribution >= 4 is 28.5 Å². The molecule has 0 bridgehead atoms. The number of amides is 1. The number of rotatable bonds is 8. The number of hydrogen-bond acceptors (Lipinski definition) is 4. The third-order valence-corrected chi connectivity index (χ3v) is 6.22. The van der Waals surface area contributed by atoms with E-state index in [-0.39, 0.29) is 17.1 Å². The van der Waals surface area contributed by atoms with Gasteiger partial charge in [0.25, 0.3) is 5.91 Å². The Balaban J connectivity index is 1.85. The first-order chi connectivity index (χ1) is 15.5. The van der Waals surface area contributed by atoms with Crippen LogP contribution in [0.15, 0.2) is 58.3 Å². The normalized spacial score (nSPS) is 15.3. The summed E-state index contributed by atoms with van der Waals surface area (Å²) in [7, 11) is 0. The van der Waals surface area contributed by atoms with Crippen molar-refractivity contribution in [1.29, 1.82) is 0 Å². The van der Waals surface area contributed by atoms with Gasteiger partial charge in [-0.15, -0.1) is 0 Å². The van der Waals surface area contributed by atoms with E-state index in [2.05, 4.69) is 13.5 Å². The molecule has 0 N–H and O–H groups in total. The molecule has 3 aromatic rings. The number of aryl methyl sites for hydroxylation is 1. The summed E-state index contributed by atoms with van der Waals surface area (Å²) in [6, 6.07) is 10.3. The van der Waals surface area contributed by atoms with Crippen LogP contribution >= 0.6 is 11.6 Å². The van der Waals surface area contributed by atoms with Crippen LogP contribution in [0, 0.1) is 6.92 Å². The van der Waals surface area contributed by atoms with Crippen molar-refractivity contribution < 1.29 is 13.9 Å². The molecule has 1 atom stereocenters. The zero-order valence-electron chi connectivity index (χ0n) is 18.3. The van der Waals surface area contributed by atoms with Crippen LogP contribution in [0.25, 0.3) is 11.0 Å². The van der Waals surface area contributed by atoms with E-state index in [1.807, 2.05) is 31.2 Å². The quantitative estimate of drug-likeness (QED) is 0.308. The van der Waals surface area contributed by atoms with Gasteiger partial charge in [-0.3, -0.25) is 9.59 Å². The zero-order valence-corrected chi connectivity index (χ0v) is 19.1.